The van der Waals surface area contributed by atoms with Crippen LogP contribution in [0.2, 0.25) is 5.15 Å². The number of hydrogen-bond acceptors (Lipinski definition) is 3. The van der Waals surface area contributed by atoms with E-state index in [-0.39, 0.29) is 5.15 Å². The third-order valence-electron chi connectivity index (χ3n) is 3.32. The normalized spacial score (nSPS) is 26.6. The molecule has 0 spiro atoms. The highest BCUT2D eigenvalue weighted by atomic mass is 35.5. The number of nitriles is 1. The van der Waals surface area contributed by atoms with Crippen molar-refractivity contribution in [2.24, 2.45) is 5.92 Å². The molecule has 1 aromatic rings. The molecule has 3 rings (SSSR count). The Kier molecular flexibility index (Phi) is 2.20. The molecule has 0 bridgehead atoms. The summed E-state index contributed by atoms with van der Waals surface area (Å²) in [6.45, 7) is 1.07. The van der Waals surface area contributed by atoms with Crippen LogP contribution in [0.3, 0.4) is 0 Å². The van der Waals surface area contributed by atoms with Crippen LogP contribution in [0.15, 0.2) is 18.3 Å². The number of aromatic nitrogens is 1. The minimum absolute atomic E-state index is 0.283. The monoisotopic (exact) mass is 231 g/mol. The van der Waals surface area contributed by atoms with Crippen LogP contribution in [0, 0.1) is 17.2 Å². The molecule has 1 N–H and O–H groups in total. The molecular formula is C12H10ClN3. The number of nitrogens with zero attached hydrogens (tertiary/aromatic N) is 2. The Labute approximate surface area is 98.8 Å². The second-order valence-electron chi connectivity index (χ2n) is 4.25. The fraction of sp³-hybridized carbons (Fsp3) is 0.333. The molecule has 0 aromatic carbocycles. The summed E-state index contributed by atoms with van der Waals surface area (Å²) in [5.74, 6) is 0.663. The molecule has 1 aromatic heterocycles. The molecule has 1 aliphatic carbocycles. The highest BCUT2D eigenvalue weighted by Gasteiger charge is 2.34. The zero-order chi connectivity index (χ0) is 11.1. The maximum absolute atomic E-state index is 8.90. The van der Waals surface area contributed by atoms with E-state index in [4.69, 9.17) is 16.9 Å². The van der Waals surface area contributed by atoms with Gasteiger partial charge in [-0.1, -0.05) is 17.7 Å². The summed E-state index contributed by atoms with van der Waals surface area (Å²) in [5, 5.41) is 12.6. The maximum Gasteiger partial charge on any atom is 0.146 e. The van der Waals surface area contributed by atoms with E-state index in [9.17, 15) is 0 Å². The maximum atomic E-state index is 8.90. The Morgan fingerprint density at radius 1 is 1.56 bits per heavy atom. The molecule has 2 aliphatic rings. The van der Waals surface area contributed by atoms with E-state index >= 15 is 0 Å². The van der Waals surface area contributed by atoms with Crippen molar-refractivity contribution < 1.29 is 0 Å². The van der Waals surface area contributed by atoms with E-state index < -0.39 is 0 Å². The molecule has 4 heteroatoms. The second-order valence-corrected chi connectivity index (χ2v) is 4.61. The first kappa shape index (κ1) is 9.83. The van der Waals surface area contributed by atoms with Crippen LogP contribution in [0.1, 0.15) is 17.5 Å². The molecular weight excluding hydrogens is 222 g/mol. The molecule has 2 heterocycles. The Balaban J connectivity index is 1.96. The van der Waals surface area contributed by atoms with E-state index in [0.29, 0.717) is 17.5 Å². The van der Waals surface area contributed by atoms with Gasteiger partial charge in [-0.25, -0.2) is 4.98 Å². The van der Waals surface area contributed by atoms with Crippen LogP contribution < -0.4 is 5.32 Å². The lowest BCUT2D eigenvalue weighted by Crippen LogP contribution is -2.49. The van der Waals surface area contributed by atoms with Gasteiger partial charge in [-0.3, -0.25) is 0 Å². The Morgan fingerprint density at radius 3 is 3.00 bits per heavy atom. The highest BCUT2D eigenvalue weighted by Crippen LogP contribution is 2.36. The van der Waals surface area contributed by atoms with Gasteiger partial charge >= 0.3 is 0 Å². The molecule has 1 aliphatic heterocycles. The number of fused-ring (bicyclic) bond motifs is 1. The van der Waals surface area contributed by atoms with E-state index in [1.807, 2.05) is 6.07 Å². The molecule has 0 radical (unpaired) electrons. The predicted molar refractivity (Wildman–Crippen MR) is 61.8 cm³/mol. The molecule has 1 saturated heterocycles. The lowest BCUT2D eigenvalue weighted by molar-refractivity contribution is 0.306. The van der Waals surface area contributed by atoms with Gasteiger partial charge in [0.2, 0.25) is 0 Å². The summed E-state index contributed by atoms with van der Waals surface area (Å²) in [4.78, 5) is 4.05. The van der Waals surface area contributed by atoms with Gasteiger partial charge in [0, 0.05) is 24.7 Å². The summed E-state index contributed by atoms with van der Waals surface area (Å²) in [7, 11) is 0. The molecule has 80 valence electrons. The van der Waals surface area contributed by atoms with Gasteiger partial charge in [-0.05, 0) is 23.6 Å². The zero-order valence-electron chi connectivity index (χ0n) is 8.57. The van der Waals surface area contributed by atoms with Crippen molar-refractivity contribution in [3.8, 4) is 6.07 Å². The van der Waals surface area contributed by atoms with Crippen LogP contribution in [0.5, 0.6) is 0 Å². The quantitative estimate of drug-likeness (QED) is 0.752. The Morgan fingerprint density at radius 2 is 2.44 bits per heavy atom. The van der Waals surface area contributed by atoms with Gasteiger partial charge in [0.25, 0.3) is 0 Å². The number of hydrogen-bond donors (Lipinski definition) is 1. The Bertz CT molecular complexity index is 515. The van der Waals surface area contributed by atoms with Gasteiger partial charge in [0.1, 0.15) is 11.2 Å². The van der Waals surface area contributed by atoms with Crippen molar-refractivity contribution in [3.05, 3.63) is 34.6 Å². The standard InChI is InChI=1S/C12H10ClN3/c13-12-8(4-14)2-9(5-16-12)7-1-10-6-15-11(10)3-7/h1-2,5,10-11,15H,3,6H2/t10-,11-/m0/s1. The lowest BCUT2D eigenvalue weighted by atomic mass is 9.95. The van der Waals surface area contributed by atoms with Crippen molar-refractivity contribution in [1.82, 2.24) is 10.3 Å². The van der Waals surface area contributed by atoms with Gasteiger partial charge in [-0.2, -0.15) is 5.26 Å². The number of rotatable bonds is 1. The van der Waals surface area contributed by atoms with Gasteiger partial charge in [0.15, 0.2) is 0 Å². The largest absolute Gasteiger partial charge is 0.312 e. The first-order valence-corrected chi connectivity index (χ1v) is 5.66. The number of pyridine rings is 1. The smallest absolute Gasteiger partial charge is 0.146 e. The Hall–Kier alpha value is -1.37. The third kappa shape index (κ3) is 1.42. The van der Waals surface area contributed by atoms with Crippen LogP contribution >= 0.6 is 11.6 Å². The molecule has 1 fully saturated rings. The van der Waals surface area contributed by atoms with Crippen molar-refractivity contribution in [3.63, 3.8) is 0 Å². The predicted octanol–water partition coefficient (Wildman–Crippen LogP) is 1.98. The van der Waals surface area contributed by atoms with Crippen molar-refractivity contribution in [2.75, 3.05) is 6.54 Å². The summed E-state index contributed by atoms with van der Waals surface area (Å²) < 4.78 is 0. The van der Waals surface area contributed by atoms with Crippen LogP contribution in [0.25, 0.3) is 5.57 Å². The SMILES string of the molecule is N#Cc1cc(C2=C[C@H]3CN[C@H]3C2)cnc1Cl. The van der Waals surface area contributed by atoms with E-state index in [1.165, 1.54) is 5.57 Å². The number of nitrogens with one attached hydrogen (secondary N) is 1. The zero-order valence-corrected chi connectivity index (χ0v) is 9.33. The van der Waals surface area contributed by atoms with E-state index in [0.717, 1.165) is 18.5 Å². The summed E-state index contributed by atoms with van der Waals surface area (Å²) >= 11 is 5.81. The molecule has 0 unspecified atom stereocenters. The van der Waals surface area contributed by atoms with Gasteiger partial charge in [0.05, 0.1) is 5.56 Å². The fourth-order valence-electron chi connectivity index (χ4n) is 2.30. The van der Waals surface area contributed by atoms with Crippen LogP contribution in [-0.4, -0.2) is 17.6 Å². The summed E-state index contributed by atoms with van der Waals surface area (Å²) in [6.07, 6.45) is 5.06. The van der Waals surface area contributed by atoms with Crippen molar-refractivity contribution in [1.29, 1.82) is 5.26 Å². The molecule has 2 atom stereocenters. The lowest BCUT2D eigenvalue weighted by Gasteiger charge is -2.31. The number of halogens is 1. The van der Waals surface area contributed by atoms with E-state index in [2.05, 4.69) is 22.4 Å². The van der Waals surface area contributed by atoms with Crippen LogP contribution in [-0.2, 0) is 0 Å². The molecule has 0 saturated carbocycles. The van der Waals surface area contributed by atoms with Crippen molar-refractivity contribution >= 4 is 17.2 Å². The minimum atomic E-state index is 0.283. The fourth-order valence-corrected chi connectivity index (χ4v) is 2.44. The van der Waals surface area contributed by atoms with Crippen molar-refractivity contribution in [2.45, 2.75) is 12.5 Å². The first-order chi connectivity index (χ1) is 7.78. The highest BCUT2D eigenvalue weighted by molar-refractivity contribution is 6.30. The first-order valence-electron chi connectivity index (χ1n) is 5.28. The van der Waals surface area contributed by atoms with Gasteiger partial charge in [-0.15, -0.1) is 0 Å². The van der Waals surface area contributed by atoms with E-state index in [1.54, 1.807) is 6.20 Å². The van der Waals surface area contributed by atoms with Gasteiger partial charge < -0.3 is 5.32 Å². The summed E-state index contributed by atoms with van der Waals surface area (Å²) in [5.41, 5.74) is 2.75. The molecule has 0 amide bonds. The average molecular weight is 232 g/mol. The topological polar surface area (TPSA) is 48.7 Å². The molecule has 16 heavy (non-hydrogen) atoms. The second kappa shape index (κ2) is 3.58. The molecule has 3 nitrogen and oxygen atoms in total. The minimum Gasteiger partial charge on any atom is -0.312 e. The third-order valence-corrected chi connectivity index (χ3v) is 3.62. The average Bonchev–Trinajstić information content (AvgIpc) is 2.56. The summed E-state index contributed by atoms with van der Waals surface area (Å²) in [6, 6.07) is 4.48. The van der Waals surface area contributed by atoms with Crippen LogP contribution in [0.4, 0.5) is 0 Å².